The van der Waals surface area contributed by atoms with Crippen molar-refractivity contribution in [1.29, 1.82) is 0 Å². The Morgan fingerprint density at radius 2 is 1.90 bits per heavy atom. The molecule has 1 aliphatic heterocycles. The number of aromatic nitrogens is 4. The lowest BCUT2D eigenvalue weighted by Gasteiger charge is -2.29. The summed E-state index contributed by atoms with van der Waals surface area (Å²) >= 11 is 0. The second-order valence-corrected chi connectivity index (χ2v) is 7.51. The number of β-amino-alcohol motifs (C(OH)–C–C–N with tert-alkyl or cyclic N) is 1. The van der Waals surface area contributed by atoms with Crippen LogP contribution in [0.5, 0.6) is 0 Å². The molecule has 0 bridgehead atoms. The summed E-state index contributed by atoms with van der Waals surface area (Å²) in [5.74, 6) is -0.867. The van der Waals surface area contributed by atoms with Crippen LogP contribution >= 0.6 is 0 Å². The maximum absolute atomic E-state index is 13.1. The second kappa shape index (κ2) is 7.27. The minimum atomic E-state index is -4.65. The van der Waals surface area contributed by atoms with Crippen molar-refractivity contribution in [3.8, 4) is 0 Å². The molecular weight excluding hydrogens is 385 g/mol. The fraction of sp³-hybridized carbons (Fsp3) is 0.421. The van der Waals surface area contributed by atoms with Crippen LogP contribution in [0.2, 0.25) is 0 Å². The summed E-state index contributed by atoms with van der Waals surface area (Å²) in [6.45, 7) is 2.22. The Balaban J connectivity index is 1.47. The maximum Gasteiger partial charge on any atom is 0.453 e. The number of alkyl halides is 3. The molecule has 2 aromatic heterocycles. The molecule has 1 unspecified atom stereocenters. The van der Waals surface area contributed by atoms with Crippen LogP contribution in [0, 0.1) is 0 Å². The van der Waals surface area contributed by atoms with Gasteiger partial charge >= 0.3 is 6.18 Å². The van der Waals surface area contributed by atoms with Gasteiger partial charge in [-0.05, 0) is 24.1 Å². The van der Waals surface area contributed by atoms with Gasteiger partial charge in [-0.2, -0.15) is 17.7 Å². The lowest BCUT2D eigenvalue weighted by Crippen LogP contribution is -2.44. The number of hydrogen-bond donors (Lipinski definition) is 1. The van der Waals surface area contributed by atoms with Gasteiger partial charge in [0, 0.05) is 33.2 Å². The highest BCUT2D eigenvalue weighted by Crippen LogP contribution is 2.29. The van der Waals surface area contributed by atoms with Gasteiger partial charge in [-0.3, -0.25) is 4.90 Å². The SMILES string of the molecule is CN(CC1(O)CCN(Cc2ccccc2)C1)c1ccc2nnc(C(F)(F)F)n2n1. The number of rotatable bonds is 5. The molecule has 1 saturated heterocycles. The van der Waals surface area contributed by atoms with E-state index in [-0.39, 0.29) is 12.2 Å². The highest BCUT2D eigenvalue weighted by Gasteiger charge is 2.39. The van der Waals surface area contributed by atoms with Gasteiger partial charge in [0.1, 0.15) is 5.82 Å². The van der Waals surface area contributed by atoms with E-state index >= 15 is 0 Å². The predicted molar refractivity (Wildman–Crippen MR) is 100 cm³/mol. The maximum atomic E-state index is 13.1. The first-order valence-corrected chi connectivity index (χ1v) is 9.23. The fourth-order valence-corrected chi connectivity index (χ4v) is 3.73. The van der Waals surface area contributed by atoms with Crippen LogP contribution in [0.15, 0.2) is 42.5 Å². The average Bonchev–Trinajstić information content (AvgIpc) is 3.25. The van der Waals surface area contributed by atoms with Crippen molar-refractivity contribution in [2.75, 3.05) is 31.6 Å². The average molecular weight is 406 g/mol. The van der Waals surface area contributed by atoms with Crippen molar-refractivity contribution in [2.45, 2.75) is 24.7 Å². The topological polar surface area (TPSA) is 69.8 Å². The molecule has 0 spiro atoms. The quantitative estimate of drug-likeness (QED) is 0.701. The Morgan fingerprint density at radius 3 is 2.62 bits per heavy atom. The number of likely N-dealkylation sites (N-methyl/N-ethyl adjacent to an activating group) is 1. The number of benzene rings is 1. The summed E-state index contributed by atoms with van der Waals surface area (Å²) < 4.78 is 39.9. The van der Waals surface area contributed by atoms with E-state index in [2.05, 4.69) is 20.2 Å². The zero-order chi connectivity index (χ0) is 20.6. The number of likely N-dealkylation sites (tertiary alicyclic amines) is 1. The minimum absolute atomic E-state index is 0.0167. The lowest BCUT2D eigenvalue weighted by atomic mass is 10.0. The molecule has 1 atom stereocenters. The van der Waals surface area contributed by atoms with Gasteiger partial charge in [0.25, 0.3) is 5.82 Å². The molecule has 3 aromatic rings. The highest BCUT2D eigenvalue weighted by atomic mass is 19.4. The third-order valence-corrected chi connectivity index (χ3v) is 5.09. The van der Waals surface area contributed by atoms with Crippen LogP contribution in [0.3, 0.4) is 0 Å². The first kappa shape index (κ1) is 19.6. The Morgan fingerprint density at radius 1 is 1.14 bits per heavy atom. The van der Waals surface area contributed by atoms with E-state index < -0.39 is 17.6 Å². The summed E-state index contributed by atoms with van der Waals surface area (Å²) in [6.07, 6.45) is -4.07. The zero-order valence-corrected chi connectivity index (χ0v) is 15.8. The Bertz CT molecular complexity index is 993. The van der Waals surface area contributed by atoms with Gasteiger partial charge in [0.15, 0.2) is 5.65 Å². The Kier molecular flexibility index (Phi) is 4.91. The molecule has 1 aromatic carbocycles. The normalized spacial score (nSPS) is 20.4. The summed E-state index contributed by atoms with van der Waals surface area (Å²) in [7, 11) is 1.70. The van der Waals surface area contributed by atoms with Gasteiger partial charge in [0.2, 0.25) is 0 Å². The number of fused-ring (bicyclic) bond motifs is 1. The van der Waals surface area contributed by atoms with Crippen molar-refractivity contribution in [2.24, 2.45) is 0 Å². The summed E-state index contributed by atoms with van der Waals surface area (Å²) in [5.41, 5.74) is 0.216. The van der Waals surface area contributed by atoms with Gasteiger partial charge in [-0.15, -0.1) is 15.3 Å². The predicted octanol–water partition coefficient (Wildman–Crippen LogP) is 2.22. The first-order valence-electron chi connectivity index (χ1n) is 9.23. The summed E-state index contributed by atoms with van der Waals surface area (Å²) in [6, 6.07) is 13.0. The smallest absolute Gasteiger partial charge is 0.387 e. The Hall–Kier alpha value is -2.72. The van der Waals surface area contributed by atoms with E-state index in [0.29, 0.717) is 23.3 Å². The number of anilines is 1. The van der Waals surface area contributed by atoms with Gasteiger partial charge in [-0.1, -0.05) is 30.3 Å². The first-order chi connectivity index (χ1) is 13.7. The molecule has 1 aliphatic rings. The van der Waals surface area contributed by atoms with E-state index in [1.807, 2.05) is 30.3 Å². The number of halogens is 3. The van der Waals surface area contributed by atoms with Gasteiger partial charge in [0.05, 0.1) is 5.60 Å². The summed E-state index contributed by atoms with van der Waals surface area (Å²) in [5, 5.41) is 21.7. The number of aliphatic hydroxyl groups is 1. The summed E-state index contributed by atoms with van der Waals surface area (Å²) in [4.78, 5) is 3.83. The molecule has 7 nitrogen and oxygen atoms in total. The fourth-order valence-electron chi connectivity index (χ4n) is 3.73. The van der Waals surface area contributed by atoms with Crippen LogP contribution in [0.1, 0.15) is 17.8 Å². The molecule has 4 rings (SSSR count). The van der Waals surface area contributed by atoms with Crippen molar-refractivity contribution in [1.82, 2.24) is 24.7 Å². The molecule has 0 aliphatic carbocycles. The molecule has 0 saturated carbocycles. The molecule has 10 heteroatoms. The van der Waals surface area contributed by atoms with E-state index in [1.54, 1.807) is 18.0 Å². The third-order valence-electron chi connectivity index (χ3n) is 5.09. The van der Waals surface area contributed by atoms with E-state index in [1.165, 1.54) is 11.6 Å². The lowest BCUT2D eigenvalue weighted by molar-refractivity contribution is -0.146. The van der Waals surface area contributed by atoms with E-state index in [4.69, 9.17) is 0 Å². The largest absolute Gasteiger partial charge is 0.453 e. The van der Waals surface area contributed by atoms with Crippen LogP contribution in [-0.4, -0.2) is 62.1 Å². The van der Waals surface area contributed by atoms with Crippen LogP contribution in [0.25, 0.3) is 5.65 Å². The molecule has 3 heterocycles. The third kappa shape index (κ3) is 4.18. The van der Waals surface area contributed by atoms with Crippen LogP contribution in [-0.2, 0) is 12.7 Å². The van der Waals surface area contributed by atoms with Gasteiger partial charge < -0.3 is 10.0 Å². The zero-order valence-electron chi connectivity index (χ0n) is 15.8. The van der Waals surface area contributed by atoms with Crippen molar-refractivity contribution < 1.29 is 18.3 Å². The molecule has 1 N–H and O–H groups in total. The van der Waals surface area contributed by atoms with Crippen molar-refractivity contribution in [3.63, 3.8) is 0 Å². The molecule has 29 heavy (non-hydrogen) atoms. The Labute approximate surface area is 165 Å². The second-order valence-electron chi connectivity index (χ2n) is 7.51. The molecule has 1 fully saturated rings. The van der Waals surface area contributed by atoms with E-state index in [0.717, 1.165) is 13.1 Å². The number of hydrogen-bond acceptors (Lipinski definition) is 6. The van der Waals surface area contributed by atoms with Gasteiger partial charge in [-0.25, -0.2) is 0 Å². The minimum Gasteiger partial charge on any atom is -0.387 e. The molecule has 0 radical (unpaired) electrons. The number of nitrogens with zero attached hydrogens (tertiary/aromatic N) is 6. The van der Waals surface area contributed by atoms with Crippen LogP contribution in [0.4, 0.5) is 19.0 Å². The standard InChI is InChI=1S/C19H21F3N6O/c1-26(16-8-7-15-23-24-17(19(20,21)22)28(15)25-16)12-18(29)9-10-27(13-18)11-14-5-3-2-4-6-14/h2-8,29H,9-13H2,1H3. The monoisotopic (exact) mass is 406 g/mol. The van der Waals surface area contributed by atoms with Crippen LogP contribution < -0.4 is 4.90 Å². The molecule has 154 valence electrons. The van der Waals surface area contributed by atoms with E-state index in [9.17, 15) is 18.3 Å². The molecular formula is C19H21F3N6O. The van der Waals surface area contributed by atoms with Crippen molar-refractivity contribution >= 4 is 11.5 Å². The highest BCUT2D eigenvalue weighted by molar-refractivity contribution is 5.45. The molecule has 0 amide bonds. The van der Waals surface area contributed by atoms with Crippen molar-refractivity contribution in [3.05, 3.63) is 53.9 Å².